The zero-order valence-electron chi connectivity index (χ0n) is 10.4. The van der Waals surface area contributed by atoms with Crippen LogP contribution >= 0.6 is 11.6 Å². The summed E-state index contributed by atoms with van der Waals surface area (Å²) in [5.41, 5.74) is 6.34. The first-order chi connectivity index (χ1) is 8.62. The third kappa shape index (κ3) is 3.78. The molecular formula is C12H16ClNO4. The van der Waals surface area contributed by atoms with Crippen LogP contribution in [0.2, 0.25) is 5.02 Å². The number of methoxy groups -OCH3 is 1. The number of carbonyl (C=O) groups excluding carboxylic acids is 1. The van der Waals surface area contributed by atoms with E-state index in [2.05, 4.69) is 0 Å². The second-order valence-electron chi connectivity index (χ2n) is 3.41. The van der Waals surface area contributed by atoms with Gasteiger partial charge >= 0.3 is 5.97 Å². The summed E-state index contributed by atoms with van der Waals surface area (Å²) in [7, 11) is 1.49. The van der Waals surface area contributed by atoms with Gasteiger partial charge in [0, 0.05) is 6.54 Å². The van der Waals surface area contributed by atoms with Gasteiger partial charge < -0.3 is 19.9 Å². The summed E-state index contributed by atoms with van der Waals surface area (Å²) < 4.78 is 15.2. The second-order valence-corrected chi connectivity index (χ2v) is 3.81. The Kier molecular flexibility index (Phi) is 5.74. The molecular weight excluding hydrogens is 258 g/mol. The quantitative estimate of drug-likeness (QED) is 0.800. The van der Waals surface area contributed by atoms with Crippen molar-refractivity contribution in [3.63, 3.8) is 0 Å². The fourth-order valence-corrected chi connectivity index (χ4v) is 1.65. The number of rotatable bonds is 6. The van der Waals surface area contributed by atoms with E-state index in [9.17, 15) is 4.79 Å². The maximum Gasteiger partial charge on any atom is 0.344 e. The van der Waals surface area contributed by atoms with Crippen molar-refractivity contribution in [1.29, 1.82) is 0 Å². The van der Waals surface area contributed by atoms with Crippen LogP contribution in [0.15, 0.2) is 12.1 Å². The van der Waals surface area contributed by atoms with Gasteiger partial charge in [-0.25, -0.2) is 4.79 Å². The minimum atomic E-state index is -0.460. The summed E-state index contributed by atoms with van der Waals surface area (Å²) in [6, 6.07) is 3.39. The van der Waals surface area contributed by atoms with Crippen LogP contribution in [-0.4, -0.2) is 26.3 Å². The molecule has 0 unspecified atom stereocenters. The lowest BCUT2D eigenvalue weighted by atomic mass is 10.2. The zero-order chi connectivity index (χ0) is 13.5. The Labute approximate surface area is 111 Å². The zero-order valence-corrected chi connectivity index (χ0v) is 11.1. The van der Waals surface area contributed by atoms with Crippen molar-refractivity contribution >= 4 is 17.6 Å². The monoisotopic (exact) mass is 273 g/mol. The topological polar surface area (TPSA) is 70.8 Å². The number of nitrogens with two attached hydrogens (primary N) is 1. The van der Waals surface area contributed by atoms with Crippen LogP contribution in [0.4, 0.5) is 0 Å². The average molecular weight is 274 g/mol. The summed E-state index contributed by atoms with van der Waals surface area (Å²) in [5, 5.41) is 0.346. The van der Waals surface area contributed by atoms with E-state index in [1.165, 1.54) is 7.11 Å². The molecule has 0 amide bonds. The molecule has 100 valence electrons. The van der Waals surface area contributed by atoms with Gasteiger partial charge in [-0.3, -0.25) is 0 Å². The van der Waals surface area contributed by atoms with Gasteiger partial charge in [0.25, 0.3) is 0 Å². The number of esters is 1. The SMILES string of the molecule is CCOC(=O)COc1c(Cl)cc(CN)cc1OC. The Morgan fingerprint density at radius 2 is 2.17 bits per heavy atom. The molecule has 6 heteroatoms. The summed E-state index contributed by atoms with van der Waals surface area (Å²) in [6.45, 7) is 2.15. The number of halogens is 1. The molecule has 1 aromatic rings. The molecule has 0 aliphatic rings. The lowest BCUT2D eigenvalue weighted by Gasteiger charge is -2.13. The third-order valence-corrected chi connectivity index (χ3v) is 2.45. The molecule has 0 heterocycles. The summed E-state index contributed by atoms with van der Waals surface area (Å²) in [4.78, 5) is 11.2. The van der Waals surface area contributed by atoms with Gasteiger partial charge in [0.15, 0.2) is 18.1 Å². The minimum Gasteiger partial charge on any atom is -0.493 e. The lowest BCUT2D eigenvalue weighted by molar-refractivity contribution is -0.145. The molecule has 18 heavy (non-hydrogen) atoms. The van der Waals surface area contributed by atoms with Gasteiger partial charge in [0.05, 0.1) is 18.7 Å². The van der Waals surface area contributed by atoms with Crippen molar-refractivity contribution in [3.05, 3.63) is 22.7 Å². The van der Waals surface area contributed by atoms with E-state index in [-0.39, 0.29) is 6.61 Å². The van der Waals surface area contributed by atoms with Crippen LogP contribution < -0.4 is 15.2 Å². The van der Waals surface area contributed by atoms with Crippen LogP contribution in [0.25, 0.3) is 0 Å². The maximum absolute atomic E-state index is 11.2. The number of hydrogen-bond acceptors (Lipinski definition) is 5. The molecule has 0 saturated carbocycles. The highest BCUT2D eigenvalue weighted by molar-refractivity contribution is 6.32. The average Bonchev–Trinajstić information content (AvgIpc) is 2.36. The first-order valence-corrected chi connectivity index (χ1v) is 5.85. The van der Waals surface area contributed by atoms with Gasteiger partial charge in [-0.2, -0.15) is 0 Å². The Morgan fingerprint density at radius 3 is 2.72 bits per heavy atom. The number of benzene rings is 1. The van der Waals surface area contributed by atoms with Crippen molar-refractivity contribution in [1.82, 2.24) is 0 Å². The summed E-state index contributed by atoms with van der Waals surface area (Å²) in [5.74, 6) is 0.287. The molecule has 0 spiro atoms. The van der Waals surface area contributed by atoms with E-state index in [0.717, 1.165) is 5.56 Å². The smallest absolute Gasteiger partial charge is 0.344 e. The Morgan fingerprint density at radius 1 is 1.44 bits per heavy atom. The van der Waals surface area contributed by atoms with Crippen LogP contribution in [0.1, 0.15) is 12.5 Å². The lowest BCUT2D eigenvalue weighted by Crippen LogP contribution is -2.15. The van der Waals surface area contributed by atoms with E-state index in [0.29, 0.717) is 29.7 Å². The molecule has 0 bridgehead atoms. The highest BCUT2D eigenvalue weighted by Crippen LogP contribution is 2.36. The van der Waals surface area contributed by atoms with E-state index in [1.807, 2.05) is 0 Å². The molecule has 0 saturated heterocycles. The molecule has 0 aliphatic heterocycles. The van der Waals surface area contributed by atoms with Crippen LogP contribution in [-0.2, 0) is 16.1 Å². The maximum atomic E-state index is 11.2. The molecule has 0 radical (unpaired) electrons. The van der Waals surface area contributed by atoms with E-state index >= 15 is 0 Å². The normalized spacial score (nSPS) is 10.0. The highest BCUT2D eigenvalue weighted by atomic mass is 35.5. The number of carbonyl (C=O) groups is 1. The van der Waals surface area contributed by atoms with Crippen molar-refractivity contribution < 1.29 is 19.0 Å². The number of hydrogen-bond donors (Lipinski definition) is 1. The second kappa shape index (κ2) is 7.08. The predicted molar refractivity (Wildman–Crippen MR) is 68.0 cm³/mol. The van der Waals surface area contributed by atoms with Crippen LogP contribution in [0.3, 0.4) is 0 Å². The fraction of sp³-hybridized carbons (Fsp3) is 0.417. The van der Waals surface area contributed by atoms with Crippen molar-refractivity contribution in [2.45, 2.75) is 13.5 Å². The van der Waals surface area contributed by atoms with E-state index in [1.54, 1.807) is 19.1 Å². The molecule has 0 fully saturated rings. The molecule has 0 atom stereocenters. The fourth-order valence-electron chi connectivity index (χ4n) is 1.36. The first-order valence-electron chi connectivity index (χ1n) is 5.47. The van der Waals surface area contributed by atoms with Gasteiger partial charge in [-0.05, 0) is 24.6 Å². The van der Waals surface area contributed by atoms with Crippen molar-refractivity contribution in [2.24, 2.45) is 5.73 Å². The molecule has 0 aromatic heterocycles. The first kappa shape index (κ1) is 14.6. The van der Waals surface area contributed by atoms with Crippen molar-refractivity contribution in [2.75, 3.05) is 20.3 Å². The Bertz CT molecular complexity index is 423. The highest BCUT2D eigenvalue weighted by Gasteiger charge is 2.13. The molecule has 0 aliphatic carbocycles. The van der Waals surface area contributed by atoms with E-state index < -0.39 is 5.97 Å². The van der Waals surface area contributed by atoms with Gasteiger partial charge in [-0.15, -0.1) is 0 Å². The number of ether oxygens (including phenoxy) is 3. The Balaban J connectivity index is 2.84. The minimum absolute atomic E-state index is 0.216. The standard InChI is InChI=1S/C12H16ClNO4/c1-3-17-11(15)7-18-12-9(13)4-8(6-14)5-10(12)16-2/h4-5H,3,6-7,14H2,1-2H3. The largest absolute Gasteiger partial charge is 0.493 e. The summed E-state index contributed by atoms with van der Waals surface area (Å²) >= 11 is 6.04. The molecule has 2 N–H and O–H groups in total. The molecule has 1 aromatic carbocycles. The summed E-state index contributed by atoms with van der Waals surface area (Å²) in [6.07, 6.45) is 0. The third-order valence-electron chi connectivity index (χ3n) is 2.16. The van der Waals surface area contributed by atoms with Gasteiger partial charge in [0.1, 0.15) is 0 Å². The van der Waals surface area contributed by atoms with E-state index in [4.69, 9.17) is 31.5 Å². The predicted octanol–water partition coefficient (Wildman–Crippen LogP) is 1.75. The molecule has 5 nitrogen and oxygen atoms in total. The van der Waals surface area contributed by atoms with Gasteiger partial charge in [-0.1, -0.05) is 11.6 Å². The van der Waals surface area contributed by atoms with Crippen molar-refractivity contribution in [3.8, 4) is 11.5 Å². The van der Waals surface area contributed by atoms with Gasteiger partial charge in [0.2, 0.25) is 0 Å². The molecule has 1 rings (SSSR count). The Hall–Kier alpha value is -1.46. The van der Waals surface area contributed by atoms with Crippen LogP contribution in [0, 0.1) is 0 Å². The van der Waals surface area contributed by atoms with Crippen LogP contribution in [0.5, 0.6) is 11.5 Å².